The van der Waals surface area contributed by atoms with Crippen molar-refractivity contribution in [1.82, 2.24) is 5.32 Å². The Bertz CT molecular complexity index is 501. The Morgan fingerprint density at radius 1 is 1.38 bits per heavy atom. The van der Waals surface area contributed by atoms with Crippen molar-refractivity contribution in [1.29, 1.82) is 0 Å². The van der Waals surface area contributed by atoms with Crippen molar-refractivity contribution in [3.05, 3.63) is 24.3 Å². The fraction of sp³-hybridized carbons (Fsp3) is 0.647. The molecule has 1 aromatic rings. The van der Waals surface area contributed by atoms with Gasteiger partial charge >= 0.3 is 0 Å². The molecule has 3 unspecified atom stereocenters. The lowest BCUT2D eigenvalue weighted by atomic mass is 9.75. The van der Waals surface area contributed by atoms with E-state index in [0.29, 0.717) is 6.04 Å². The topological polar surface area (TPSA) is 38.3 Å². The van der Waals surface area contributed by atoms with Crippen LogP contribution < -0.4 is 10.1 Å². The third-order valence-corrected chi connectivity index (χ3v) is 6.18. The highest BCUT2D eigenvalue weighted by molar-refractivity contribution is 7.85. The SMILES string of the molecule is CCNC1CCC(C)(C)CC1S(=O)c1ccccc1OC. The third kappa shape index (κ3) is 3.86. The zero-order chi connectivity index (χ0) is 15.5. The van der Waals surface area contributed by atoms with Gasteiger partial charge in [-0.1, -0.05) is 32.9 Å². The Hall–Kier alpha value is -0.870. The lowest BCUT2D eigenvalue weighted by Gasteiger charge is -2.40. The van der Waals surface area contributed by atoms with Gasteiger partial charge in [0.25, 0.3) is 0 Å². The molecule has 1 aromatic carbocycles. The Morgan fingerprint density at radius 3 is 2.76 bits per heavy atom. The number of nitrogens with one attached hydrogen (secondary N) is 1. The summed E-state index contributed by atoms with van der Waals surface area (Å²) in [6.07, 6.45) is 3.26. The first-order valence-electron chi connectivity index (χ1n) is 7.75. The van der Waals surface area contributed by atoms with Crippen LogP contribution in [-0.2, 0) is 10.8 Å². The summed E-state index contributed by atoms with van der Waals surface area (Å²) in [4.78, 5) is 0.825. The molecule has 0 bridgehead atoms. The zero-order valence-electron chi connectivity index (χ0n) is 13.5. The fourth-order valence-corrected chi connectivity index (χ4v) is 5.21. The zero-order valence-corrected chi connectivity index (χ0v) is 14.3. The van der Waals surface area contributed by atoms with E-state index in [9.17, 15) is 4.21 Å². The van der Waals surface area contributed by atoms with Crippen LogP contribution in [0.2, 0.25) is 0 Å². The van der Waals surface area contributed by atoms with Crippen molar-refractivity contribution in [2.75, 3.05) is 13.7 Å². The molecule has 1 aliphatic rings. The second-order valence-electron chi connectivity index (χ2n) is 6.56. The molecule has 0 aromatic heterocycles. The van der Waals surface area contributed by atoms with Gasteiger partial charge in [-0.15, -0.1) is 0 Å². The second-order valence-corrected chi connectivity index (χ2v) is 8.20. The summed E-state index contributed by atoms with van der Waals surface area (Å²) in [5.74, 6) is 0.731. The first-order valence-corrected chi connectivity index (χ1v) is 8.97. The van der Waals surface area contributed by atoms with E-state index in [2.05, 4.69) is 26.1 Å². The van der Waals surface area contributed by atoms with Gasteiger partial charge in [0.2, 0.25) is 0 Å². The van der Waals surface area contributed by atoms with E-state index in [4.69, 9.17) is 4.74 Å². The molecule has 0 amide bonds. The van der Waals surface area contributed by atoms with Gasteiger partial charge in [-0.25, -0.2) is 0 Å². The lowest BCUT2D eigenvalue weighted by Crippen LogP contribution is -2.48. The van der Waals surface area contributed by atoms with Gasteiger partial charge < -0.3 is 10.1 Å². The molecule has 3 nitrogen and oxygen atoms in total. The highest BCUT2D eigenvalue weighted by atomic mass is 32.2. The van der Waals surface area contributed by atoms with E-state index in [0.717, 1.165) is 30.0 Å². The summed E-state index contributed by atoms with van der Waals surface area (Å²) in [5, 5.41) is 3.67. The summed E-state index contributed by atoms with van der Waals surface area (Å²) >= 11 is 0. The molecule has 0 spiro atoms. The maximum Gasteiger partial charge on any atom is 0.134 e. The molecule has 4 heteroatoms. The van der Waals surface area contributed by atoms with Crippen LogP contribution in [0.5, 0.6) is 5.75 Å². The maximum absolute atomic E-state index is 13.1. The minimum absolute atomic E-state index is 0.144. The highest BCUT2D eigenvalue weighted by Gasteiger charge is 2.38. The normalized spacial score (nSPS) is 26.3. The molecule has 0 saturated heterocycles. The van der Waals surface area contributed by atoms with Crippen LogP contribution in [0.15, 0.2) is 29.2 Å². The molecule has 118 valence electrons. The highest BCUT2D eigenvalue weighted by Crippen LogP contribution is 2.39. The van der Waals surface area contributed by atoms with Gasteiger partial charge in [0.1, 0.15) is 5.75 Å². The van der Waals surface area contributed by atoms with Gasteiger partial charge in [0.05, 0.1) is 28.1 Å². The van der Waals surface area contributed by atoms with E-state index >= 15 is 0 Å². The van der Waals surface area contributed by atoms with E-state index in [1.165, 1.54) is 6.42 Å². The molecule has 1 fully saturated rings. The minimum atomic E-state index is -1.05. The standard InChI is InChI=1S/C17H27NO2S/c1-5-18-13-10-11-17(2,3)12-16(13)21(19)15-9-7-6-8-14(15)20-4/h6-9,13,16,18H,5,10-12H2,1-4H3. The van der Waals surface area contributed by atoms with E-state index in [1.807, 2.05) is 24.3 Å². The molecule has 0 radical (unpaired) electrons. The van der Waals surface area contributed by atoms with Crippen LogP contribution in [-0.4, -0.2) is 29.2 Å². The summed E-state index contributed by atoms with van der Waals surface area (Å²) in [5.41, 5.74) is 0.258. The van der Waals surface area contributed by atoms with Crippen LogP contribution >= 0.6 is 0 Å². The Labute approximate surface area is 130 Å². The number of hydrogen-bond donors (Lipinski definition) is 1. The molecule has 0 aliphatic heterocycles. The van der Waals surface area contributed by atoms with Crippen LogP contribution in [0.25, 0.3) is 0 Å². The molecular formula is C17H27NO2S. The predicted molar refractivity (Wildman–Crippen MR) is 88.3 cm³/mol. The van der Waals surface area contributed by atoms with Crippen molar-refractivity contribution >= 4 is 10.8 Å². The van der Waals surface area contributed by atoms with Crippen molar-refractivity contribution in [2.45, 2.75) is 56.2 Å². The smallest absolute Gasteiger partial charge is 0.134 e. The van der Waals surface area contributed by atoms with Crippen molar-refractivity contribution in [2.24, 2.45) is 5.41 Å². The fourth-order valence-electron chi connectivity index (χ4n) is 3.19. The van der Waals surface area contributed by atoms with Crippen molar-refractivity contribution in [3.63, 3.8) is 0 Å². The van der Waals surface area contributed by atoms with Gasteiger partial charge in [-0.3, -0.25) is 4.21 Å². The van der Waals surface area contributed by atoms with Crippen LogP contribution in [0.3, 0.4) is 0 Å². The second kappa shape index (κ2) is 6.93. The average Bonchev–Trinajstić information content (AvgIpc) is 2.48. The molecule has 2 rings (SSSR count). The van der Waals surface area contributed by atoms with E-state index in [1.54, 1.807) is 7.11 Å². The quantitative estimate of drug-likeness (QED) is 0.906. The summed E-state index contributed by atoms with van der Waals surface area (Å²) < 4.78 is 18.5. The monoisotopic (exact) mass is 309 g/mol. The number of para-hydroxylation sites is 1. The first-order chi connectivity index (χ1) is 9.98. The molecule has 1 saturated carbocycles. The van der Waals surface area contributed by atoms with Crippen LogP contribution in [0.1, 0.15) is 40.0 Å². The van der Waals surface area contributed by atoms with Crippen LogP contribution in [0.4, 0.5) is 0 Å². The average molecular weight is 309 g/mol. The number of methoxy groups -OCH3 is 1. The van der Waals surface area contributed by atoms with E-state index < -0.39 is 10.8 Å². The Balaban J connectivity index is 2.28. The number of ether oxygens (including phenoxy) is 1. The van der Waals surface area contributed by atoms with Gasteiger partial charge in [0.15, 0.2) is 0 Å². The van der Waals surface area contributed by atoms with E-state index in [-0.39, 0.29) is 10.7 Å². The Kier molecular flexibility index (Phi) is 5.44. The van der Waals surface area contributed by atoms with Gasteiger partial charge in [0, 0.05) is 6.04 Å². The summed E-state index contributed by atoms with van der Waals surface area (Å²) in [6, 6.07) is 8.01. The third-order valence-electron chi connectivity index (χ3n) is 4.36. The predicted octanol–water partition coefficient (Wildman–Crippen LogP) is 3.36. The molecule has 1 aliphatic carbocycles. The van der Waals surface area contributed by atoms with Gasteiger partial charge in [-0.05, 0) is 43.4 Å². The summed E-state index contributed by atoms with van der Waals surface area (Å²) in [7, 11) is 0.595. The van der Waals surface area contributed by atoms with Crippen molar-refractivity contribution < 1.29 is 8.95 Å². The molecular weight excluding hydrogens is 282 g/mol. The molecule has 1 N–H and O–H groups in total. The van der Waals surface area contributed by atoms with Gasteiger partial charge in [-0.2, -0.15) is 0 Å². The molecule has 3 atom stereocenters. The lowest BCUT2D eigenvalue weighted by molar-refractivity contribution is 0.213. The number of rotatable bonds is 5. The Morgan fingerprint density at radius 2 is 2.10 bits per heavy atom. The first kappa shape index (κ1) is 16.5. The maximum atomic E-state index is 13.1. The number of benzene rings is 1. The molecule has 0 heterocycles. The molecule has 21 heavy (non-hydrogen) atoms. The van der Waals surface area contributed by atoms with Crippen molar-refractivity contribution in [3.8, 4) is 5.75 Å². The number of hydrogen-bond acceptors (Lipinski definition) is 3. The largest absolute Gasteiger partial charge is 0.495 e. The minimum Gasteiger partial charge on any atom is -0.495 e. The summed E-state index contributed by atoms with van der Waals surface area (Å²) in [6.45, 7) is 7.59. The van der Waals surface area contributed by atoms with Crippen LogP contribution in [0, 0.1) is 5.41 Å².